The normalized spacial score (nSPS) is 10.3. The van der Waals surface area contributed by atoms with Crippen molar-refractivity contribution >= 4 is 39.8 Å². The van der Waals surface area contributed by atoms with E-state index in [2.05, 4.69) is 15.6 Å². The van der Waals surface area contributed by atoms with Gasteiger partial charge in [0.1, 0.15) is 0 Å². The third-order valence-electron chi connectivity index (χ3n) is 3.03. The molecular weight excluding hydrogens is 270 g/mol. The van der Waals surface area contributed by atoms with Gasteiger partial charge in [-0.1, -0.05) is 13.0 Å². The van der Waals surface area contributed by atoms with Crippen LogP contribution in [0.3, 0.4) is 0 Å². The monoisotopic (exact) mass is 287 g/mol. The maximum Gasteiger partial charge on any atom is 0.225 e. The molecule has 0 unspecified atom stereocenters. The number of aryl methyl sites for hydroxylation is 2. The van der Waals surface area contributed by atoms with Gasteiger partial charge in [0.25, 0.3) is 0 Å². The number of rotatable bonds is 2. The molecule has 1 amide bonds. The summed E-state index contributed by atoms with van der Waals surface area (Å²) in [4.78, 5) is 15.8. The number of nitrogens with zero attached hydrogens (tertiary/aromatic N) is 1. The number of hydrogen-bond acceptors (Lipinski definition) is 3. The summed E-state index contributed by atoms with van der Waals surface area (Å²) in [6.07, 6.45) is 0.400. The zero-order valence-corrected chi connectivity index (χ0v) is 12.6. The average Bonchev–Trinajstić information content (AvgIpc) is 2.41. The van der Waals surface area contributed by atoms with E-state index in [1.165, 1.54) is 0 Å². The zero-order chi connectivity index (χ0) is 14.7. The highest BCUT2D eigenvalue weighted by molar-refractivity contribution is 7.80. The van der Waals surface area contributed by atoms with Crippen LogP contribution in [-0.4, -0.2) is 16.0 Å². The first-order valence-corrected chi connectivity index (χ1v) is 6.90. The van der Waals surface area contributed by atoms with Crippen LogP contribution in [0.25, 0.3) is 10.9 Å². The molecule has 4 nitrogen and oxygen atoms in total. The van der Waals surface area contributed by atoms with Crippen LogP contribution < -0.4 is 10.6 Å². The fourth-order valence-corrected chi connectivity index (χ4v) is 2.16. The van der Waals surface area contributed by atoms with Crippen LogP contribution in [0.5, 0.6) is 0 Å². The van der Waals surface area contributed by atoms with E-state index in [4.69, 9.17) is 12.2 Å². The standard InChI is InChI=1S/C15H17N3OS/c1-4-13(19)17-15(20)18-14-9(2)5-8-12-11(14)7-6-10(3)16-12/h5-8H,4H2,1-3H3,(H2,17,18,19,20). The molecule has 0 aliphatic heterocycles. The number of carbonyl (C=O) groups is 1. The summed E-state index contributed by atoms with van der Waals surface area (Å²) in [5.41, 5.74) is 3.81. The van der Waals surface area contributed by atoms with Crippen molar-refractivity contribution < 1.29 is 4.79 Å². The van der Waals surface area contributed by atoms with Gasteiger partial charge in [0.15, 0.2) is 5.11 Å². The summed E-state index contributed by atoms with van der Waals surface area (Å²) in [6.45, 7) is 5.73. The first kappa shape index (κ1) is 14.4. The van der Waals surface area contributed by atoms with Gasteiger partial charge in [0.2, 0.25) is 5.91 Å². The molecule has 0 atom stereocenters. The molecule has 20 heavy (non-hydrogen) atoms. The van der Waals surface area contributed by atoms with E-state index < -0.39 is 0 Å². The van der Waals surface area contributed by atoms with Crippen LogP contribution in [-0.2, 0) is 4.79 Å². The minimum Gasteiger partial charge on any atom is -0.332 e. The van der Waals surface area contributed by atoms with Crippen molar-refractivity contribution in [1.82, 2.24) is 10.3 Å². The molecular formula is C15H17N3OS. The number of anilines is 1. The van der Waals surface area contributed by atoms with Crippen molar-refractivity contribution in [3.8, 4) is 0 Å². The first-order chi connectivity index (χ1) is 9.51. The lowest BCUT2D eigenvalue weighted by atomic mass is 10.1. The molecule has 1 aromatic carbocycles. The Hall–Kier alpha value is -2.01. The van der Waals surface area contributed by atoms with Crippen LogP contribution in [0.2, 0.25) is 0 Å². The highest BCUT2D eigenvalue weighted by Gasteiger charge is 2.09. The maximum atomic E-state index is 11.4. The van der Waals surface area contributed by atoms with Gasteiger partial charge in [0.05, 0.1) is 11.2 Å². The summed E-state index contributed by atoms with van der Waals surface area (Å²) in [6, 6.07) is 7.94. The molecule has 104 valence electrons. The Morgan fingerprint density at radius 2 is 2.00 bits per heavy atom. The van der Waals surface area contributed by atoms with Gasteiger partial charge in [-0.2, -0.15) is 0 Å². The lowest BCUT2D eigenvalue weighted by molar-refractivity contribution is -0.119. The van der Waals surface area contributed by atoms with Crippen LogP contribution in [0.4, 0.5) is 5.69 Å². The molecule has 0 spiro atoms. The van der Waals surface area contributed by atoms with Crippen molar-refractivity contribution in [3.05, 3.63) is 35.5 Å². The number of fused-ring (bicyclic) bond motifs is 1. The predicted molar refractivity (Wildman–Crippen MR) is 85.9 cm³/mol. The molecule has 2 rings (SSSR count). The molecule has 0 radical (unpaired) electrons. The van der Waals surface area contributed by atoms with Crippen LogP contribution in [0.15, 0.2) is 24.3 Å². The Bertz CT molecular complexity index is 682. The molecule has 2 N–H and O–H groups in total. The smallest absolute Gasteiger partial charge is 0.225 e. The topological polar surface area (TPSA) is 54.0 Å². The molecule has 0 fully saturated rings. The molecule has 0 bridgehead atoms. The van der Waals surface area contributed by atoms with Gasteiger partial charge < -0.3 is 10.6 Å². The van der Waals surface area contributed by atoms with Gasteiger partial charge >= 0.3 is 0 Å². The van der Waals surface area contributed by atoms with Gasteiger partial charge in [0, 0.05) is 17.5 Å². The summed E-state index contributed by atoms with van der Waals surface area (Å²) in [5.74, 6) is -0.102. The number of pyridine rings is 1. The van der Waals surface area contributed by atoms with E-state index >= 15 is 0 Å². The fourth-order valence-electron chi connectivity index (χ4n) is 1.94. The molecule has 0 saturated heterocycles. The molecule has 0 aliphatic rings. The second-order valence-corrected chi connectivity index (χ2v) is 5.04. The van der Waals surface area contributed by atoms with Crippen molar-refractivity contribution in [3.63, 3.8) is 0 Å². The number of thiocarbonyl (C=S) groups is 1. The van der Waals surface area contributed by atoms with Crippen LogP contribution in [0.1, 0.15) is 24.6 Å². The van der Waals surface area contributed by atoms with Gasteiger partial charge in [-0.3, -0.25) is 9.78 Å². The molecule has 0 saturated carbocycles. The number of amides is 1. The highest BCUT2D eigenvalue weighted by atomic mass is 32.1. The predicted octanol–water partition coefficient (Wildman–Crippen LogP) is 3.07. The number of hydrogen-bond donors (Lipinski definition) is 2. The lowest BCUT2D eigenvalue weighted by Gasteiger charge is -2.14. The summed E-state index contributed by atoms with van der Waals surface area (Å²) in [7, 11) is 0. The Labute approximate surface area is 123 Å². The van der Waals surface area contributed by atoms with Crippen molar-refractivity contribution in [2.24, 2.45) is 0 Å². The summed E-state index contributed by atoms with van der Waals surface area (Å²) >= 11 is 5.16. The van der Waals surface area contributed by atoms with Crippen LogP contribution in [0, 0.1) is 13.8 Å². The second-order valence-electron chi connectivity index (χ2n) is 4.63. The molecule has 1 aromatic heterocycles. The van der Waals surface area contributed by atoms with Crippen molar-refractivity contribution in [2.45, 2.75) is 27.2 Å². The summed E-state index contributed by atoms with van der Waals surface area (Å²) in [5, 5.41) is 7.04. The third-order valence-corrected chi connectivity index (χ3v) is 3.24. The highest BCUT2D eigenvalue weighted by Crippen LogP contribution is 2.26. The van der Waals surface area contributed by atoms with E-state index in [0.29, 0.717) is 11.5 Å². The number of nitrogens with one attached hydrogen (secondary N) is 2. The molecule has 0 aliphatic carbocycles. The third kappa shape index (κ3) is 3.11. The Kier molecular flexibility index (Phi) is 4.29. The molecule has 1 heterocycles. The van der Waals surface area contributed by atoms with E-state index in [1.807, 2.05) is 38.1 Å². The SMILES string of the molecule is CCC(=O)NC(=S)Nc1c(C)ccc2nc(C)ccc12. The van der Waals surface area contributed by atoms with Crippen molar-refractivity contribution in [2.75, 3.05) is 5.32 Å². The summed E-state index contributed by atoms with van der Waals surface area (Å²) < 4.78 is 0. The van der Waals surface area contributed by atoms with E-state index in [0.717, 1.165) is 27.8 Å². The van der Waals surface area contributed by atoms with E-state index in [1.54, 1.807) is 6.92 Å². The zero-order valence-electron chi connectivity index (χ0n) is 11.8. The average molecular weight is 287 g/mol. The number of benzene rings is 1. The Morgan fingerprint density at radius 1 is 1.25 bits per heavy atom. The lowest BCUT2D eigenvalue weighted by Crippen LogP contribution is -2.33. The second kappa shape index (κ2) is 5.96. The Balaban J connectivity index is 2.36. The van der Waals surface area contributed by atoms with Gasteiger partial charge in [-0.05, 0) is 49.8 Å². The minimum atomic E-state index is -0.102. The van der Waals surface area contributed by atoms with Crippen LogP contribution >= 0.6 is 12.2 Å². The van der Waals surface area contributed by atoms with E-state index in [-0.39, 0.29) is 5.91 Å². The number of carbonyl (C=O) groups excluding carboxylic acids is 1. The quantitative estimate of drug-likeness (QED) is 0.834. The fraction of sp³-hybridized carbons (Fsp3) is 0.267. The van der Waals surface area contributed by atoms with E-state index in [9.17, 15) is 4.79 Å². The molecule has 2 aromatic rings. The number of aromatic nitrogens is 1. The van der Waals surface area contributed by atoms with Gasteiger partial charge in [-0.25, -0.2) is 0 Å². The van der Waals surface area contributed by atoms with Crippen molar-refractivity contribution in [1.29, 1.82) is 0 Å². The largest absolute Gasteiger partial charge is 0.332 e. The molecule has 5 heteroatoms. The van der Waals surface area contributed by atoms with Gasteiger partial charge in [-0.15, -0.1) is 0 Å². The Morgan fingerprint density at radius 3 is 2.70 bits per heavy atom. The minimum absolute atomic E-state index is 0.102. The maximum absolute atomic E-state index is 11.4. The first-order valence-electron chi connectivity index (χ1n) is 6.49.